The largest absolute Gasteiger partial charge is 0.484 e. The van der Waals surface area contributed by atoms with Crippen LogP contribution in [0.2, 0.25) is 5.02 Å². The van der Waals surface area contributed by atoms with Gasteiger partial charge in [-0.1, -0.05) is 11.6 Å². The maximum atomic E-state index is 12.8. The molecule has 0 heterocycles. The van der Waals surface area contributed by atoms with Crippen LogP contribution in [-0.2, 0) is 9.59 Å². The normalized spacial score (nSPS) is 11.4. The highest BCUT2D eigenvalue weighted by Gasteiger charge is 2.15. The first-order valence-electron chi connectivity index (χ1n) is 7.75. The third-order valence-electron chi connectivity index (χ3n) is 3.32. The third-order valence-corrected chi connectivity index (χ3v) is 3.74. The summed E-state index contributed by atoms with van der Waals surface area (Å²) in [6.07, 6.45) is -0.888. The summed E-state index contributed by atoms with van der Waals surface area (Å²) in [7, 11) is 0. The summed E-state index contributed by atoms with van der Waals surface area (Å²) < 4.78 is 23.5. The van der Waals surface area contributed by atoms with E-state index in [9.17, 15) is 14.0 Å². The number of carbonyl (C=O) groups excluding carboxylic acids is 2. The highest BCUT2D eigenvalue weighted by atomic mass is 35.5. The van der Waals surface area contributed by atoms with Gasteiger partial charge in [0, 0.05) is 5.02 Å². The average molecular weight is 381 g/mol. The van der Waals surface area contributed by atoms with E-state index in [1.807, 2.05) is 6.92 Å². The zero-order valence-electron chi connectivity index (χ0n) is 14.2. The molecular formula is C18H18ClFN2O4. The van der Waals surface area contributed by atoms with Crippen molar-refractivity contribution in [2.24, 2.45) is 0 Å². The minimum absolute atomic E-state index is 0.283. The summed E-state index contributed by atoms with van der Waals surface area (Å²) in [5.41, 5.74) is 5.28. The van der Waals surface area contributed by atoms with Crippen molar-refractivity contribution < 1.29 is 23.5 Å². The van der Waals surface area contributed by atoms with Crippen molar-refractivity contribution in [3.8, 4) is 11.5 Å². The van der Waals surface area contributed by atoms with E-state index >= 15 is 0 Å². The van der Waals surface area contributed by atoms with Crippen molar-refractivity contribution in [2.75, 3.05) is 6.61 Å². The summed E-state index contributed by atoms with van der Waals surface area (Å²) in [5, 5.41) is 0.601. The lowest BCUT2D eigenvalue weighted by Gasteiger charge is -2.15. The highest BCUT2D eigenvalue weighted by Crippen LogP contribution is 2.20. The lowest BCUT2D eigenvalue weighted by atomic mass is 10.2. The maximum absolute atomic E-state index is 12.8. The smallest absolute Gasteiger partial charge is 0.279 e. The van der Waals surface area contributed by atoms with Crippen LogP contribution in [0.15, 0.2) is 42.5 Å². The topological polar surface area (TPSA) is 76.7 Å². The summed E-state index contributed by atoms with van der Waals surface area (Å²) >= 11 is 5.91. The van der Waals surface area contributed by atoms with Crippen molar-refractivity contribution in [1.29, 1.82) is 0 Å². The molecule has 0 spiro atoms. The molecule has 1 unspecified atom stereocenters. The van der Waals surface area contributed by atoms with Crippen molar-refractivity contribution in [3.05, 3.63) is 58.9 Å². The molecule has 138 valence electrons. The van der Waals surface area contributed by atoms with Crippen LogP contribution in [0.3, 0.4) is 0 Å². The van der Waals surface area contributed by atoms with Gasteiger partial charge in [0.2, 0.25) is 0 Å². The Hall–Kier alpha value is -2.80. The van der Waals surface area contributed by atoms with Gasteiger partial charge >= 0.3 is 0 Å². The number of ether oxygens (including phenoxy) is 2. The van der Waals surface area contributed by atoms with E-state index in [4.69, 9.17) is 21.1 Å². The second-order valence-electron chi connectivity index (χ2n) is 5.45. The van der Waals surface area contributed by atoms with Gasteiger partial charge in [0.25, 0.3) is 11.8 Å². The first-order valence-corrected chi connectivity index (χ1v) is 8.13. The molecule has 2 N–H and O–H groups in total. The molecule has 2 amide bonds. The first-order chi connectivity index (χ1) is 12.3. The number of nitrogens with one attached hydrogen (secondary N) is 2. The van der Waals surface area contributed by atoms with Gasteiger partial charge < -0.3 is 9.47 Å². The molecule has 2 aromatic rings. The van der Waals surface area contributed by atoms with E-state index in [-0.39, 0.29) is 6.61 Å². The second-order valence-corrected chi connectivity index (χ2v) is 5.86. The number of hydrogen-bond donors (Lipinski definition) is 2. The molecule has 6 nitrogen and oxygen atoms in total. The van der Waals surface area contributed by atoms with Crippen molar-refractivity contribution in [3.63, 3.8) is 0 Å². The van der Waals surface area contributed by atoms with E-state index in [1.165, 1.54) is 31.2 Å². The van der Waals surface area contributed by atoms with Gasteiger partial charge in [0.1, 0.15) is 17.3 Å². The molecule has 0 fully saturated rings. The zero-order valence-corrected chi connectivity index (χ0v) is 15.0. The standard InChI is InChI=1S/C18H18ClFN2O4/c1-11-9-15(7-8-16(11)19)25-10-17(23)21-22-18(24)12(2)26-14-5-3-13(20)4-6-14/h3-9,12H,10H2,1-2H3,(H,21,23)(H,22,24). The minimum atomic E-state index is -0.888. The van der Waals surface area contributed by atoms with Crippen molar-refractivity contribution in [2.45, 2.75) is 20.0 Å². The predicted molar refractivity (Wildman–Crippen MR) is 94.5 cm³/mol. The van der Waals surface area contributed by atoms with Gasteiger partial charge in [0.15, 0.2) is 12.7 Å². The van der Waals surface area contributed by atoms with Crippen LogP contribution in [0.25, 0.3) is 0 Å². The Balaban J connectivity index is 1.74. The monoisotopic (exact) mass is 380 g/mol. The Kier molecular flexibility index (Phi) is 6.80. The fourth-order valence-corrected chi connectivity index (χ4v) is 2.01. The second kappa shape index (κ2) is 9.05. The van der Waals surface area contributed by atoms with Gasteiger partial charge in [0.05, 0.1) is 0 Å². The van der Waals surface area contributed by atoms with Crippen LogP contribution >= 0.6 is 11.6 Å². The Bertz CT molecular complexity index is 783. The van der Waals surface area contributed by atoms with E-state index < -0.39 is 23.7 Å². The van der Waals surface area contributed by atoms with Crippen LogP contribution in [0.1, 0.15) is 12.5 Å². The SMILES string of the molecule is Cc1cc(OCC(=O)NNC(=O)C(C)Oc2ccc(F)cc2)ccc1Cl. The molecular weight excluding hydrogens is 363 g/mol. The van der Waals surface area contributed by atoms with Crippen LogP contribution in [0.4, 0.5) is 4.39 Å². The Morgan fingerprint density at radius 3 is 2.42 bits per heavy atom. The number of hydrazine groups is 1. The molecule has 8 heteroatoms. The summed E-state index contributed by atoms with van der Waals surface area (Å²) in [6, 6.07) is 10.3. The number of hydrogen-bond acceptors (Lipinski definition) is 4. The van der Waals surface area contributed by atoms with E-state index in [0.717, 1.165) is 5.56 Å². The number of halogens is 2. The quantitative estimate of drug-likeness (QED) is 0.755. The molecule has 0 aliphatic heterocycles. The molecule has 0 aliphatic rings. The van der Waals surface area contributed by atoms with Crippen LogP contribution in [0, 0.1) is 12.7 Å². The summed E-state index contributed by atoms with van der Waals surface area (Å²) in [5.74, 6) is -0.689. The molecule has 0 aliphatic carbocycles. The van der Waals surface area contributed by atoms with E-state index in [1.54, 1.807) is 18.2 Å². The fraction of sp³-hybridized carbons (Fsp3) is 0.222. The Morgan fingerprint density at radius 1 is 1.12 bits per heavy atom. The lowest BCUT2D eigenvalue weighted by Crippen LogP contribution is -2.48. The number of benzene rings is 2. The minimum Gasteiger partial charge on any atom is -0.484 e. The highest BCUT2D eigenvalue weighted by molar-refractivity contribution is 6.31. The summed E-state index contributed by atoms with van der Waals surface area (Å²) in [4.78, 5) is 23.6. The van der Waals surface area contributed by atoms with Crippen LogP contribution in [0.5, 0.6) is 11.5 Å². The number of amides is 2. The van der Waals surface area contributed by atoms with Gasteiger partial charge in [-0.2, -0.15) is 0 Å². The van der Waals surface area contributed by atoms with Gasteiger partial charge in [-0.15, -0.1) is 0 Å². The van der Waals surface area contributed by atoms with Gasteiger partial charge in [-0.25, -0.2) is 4.39 Å². The fourth-order valence-electron chi connectivity index (χ4n) is 1.90. The summed E-state index contributed by atoms with van der Waals surface area (Å²) in [6.45, 7) is 3.03. The molecule has 2 aromatic carbocycles. The van der Waals surface area contributed by atoms with Gasteiger partial charge in [-0.3, -0.25) is 20.4 Å². The van der Waals surface area contributed by atoms with Gasteiger partial charge in [-0.05, 0) is 61.9 Å². The molecule has 0 saturated carbocycles. The molecule has 2 rings (SSSR count). The number of rotatable bonds is 6. The van der Waals surface area contributed by atoms with Crippen molar-refractivity contribution >= 4 is 23.4 Å². The first kappa shape index (κ1) is 19.5. The number of aryl methyl sites for hydroxylation is 1. The molecule has 0 radical (unpaired) electrons. The van der Waals surface area contributed by atoms with Crippen molar-refractivity contribution in [1.82, 2.24) is 10.9 Å². The molecule has 0 saturated heterocycles. The van der Waals surface area contributed by atoms with E-state index in [0.29, 0.717) is 16.5 Å². The van der Waals surface area contributed by atoms with E-state index in [2.05, 4.69) is 10.9 Å². The van der Waals surface area contributed by atoms with Crippen LogP contribution in [-0.4, -0.2) is 24.5 Å². The predicted octanol–water partition coefficient (Wildman–Crippen LogP) is 2.78. The third kappa shape index (κ3) is 5.93. The van der Waals surface area contributed by atoms with Crippen LogP contribution < -0.4 is 20.3 Å². The maximum Gasteiger partial charge on any atom is 0.279 e. The Labute approximate surface area is 155 Å². The molecule has 0 bridgehead atoms. The Morgan fingerprint density at radius 2 is 1.77 bits per heavy atom. The molecule has 26 heavy (non-hydrogen) atoms. The average Bonchev–Trinajstić information content (AvgIpc) is 2.62. The molecule has 1 atom stereocenters. The zero-order chi connectivity index (χ0) is 19.1. The molecule has 0 aromatic heterocycles. The lowest BCUT2D eigenvalue weighted by molar-refractivity contribution is -0.133. The number of carbonyl (C=O) groups is 2.